The second kappa shape index (κ2) is 9.21. The molecule has 1 aliphatic heterocycles. The number of hydrogen-bond donors (Lipinski definition) is 2. The second-order valence-electron chi connectivity index (χ2n) is 7.14. The Hall–Kier alpha value is -2.82. The Kier molecular flexibility index (Phi) is 6.47. The molecule has 5 nitrogen and oxygen atoms in total. The van der Waals surface area contributed by atoms with Gasteiger partial charge in [0.1, 0.15) is 0 Å². The zero-order chi connectivity index (χ0) is 19.1. The van der Waals surface area contributed by atoms with E-state index in [0.717, 1.165) is 38.0 Å². The Bertz CT molecular complexity index is 751. The lowest BCUT2D eigenvalue weighted by Crippen LogP contribution is -2.41. The Balaban J connectivity index is 1.36. The van der Waals surface area contributed by atoms with E-state index in [1.54, 1.807) is 0 Å². The quantitative estimate of drug-likeness (QED) is 0.839. The molecule has 2 aromatic carbocycles. The van der Waals surface area contributed by atoms with Gasteiger partial charge in [-0.25, -0.2) is 4.79 Å². The fourth-order valence-electron chi connectivity index (χ4n) is 3.35. The Morgan fingerprint density at radius 2 is 1.67 bits per heavy atom. The minimum Gasteiger partial charge on any atom is -0.352 e. The van der Waals surface area contributed by atoms with Gasteiger partial charge in [-0.2, -0.15) is 0 Å². The molecule has 1 aliphatic rings. The Morgan fingerprint density at radius 3 is 2.33 bits per heavy atom. The zero-order valence-electron chi connectivity index (χ0n) is 15.8. The predicted octanol–water partition coefficient (Wildman–Crippen LogP) is 4.06. The first kappa shape index (κ1) is 19.0. The maximum Gasteiger partial charge on any atom is 0.321 e. The lowest BCUT2D eigenvalue weighted by Gasteiger charge is -2.32. The van der Waals surface area contributed by atoms with Gasteiger partial charge in [0.25, 0.3) is 5.91 Å². The van der Waals surface area contributed by atoms with Crippen molar-refractivity contribution in [2.24, 2.45) is 5.92 Å². The molecule has 0 saturated carbocycles. The van der Waals surface area contributed by atoms with Crippen molar-refractivity contribution in [2.45, 2.75) is 26.2 Å². The lowest BCUT2D eigenvalue weighted by atomic mass is 9.93. The highest BCUT2D eigenvalue weighted by Crippen LogP contribution is 2.21. The van der Waals surface area contributed by atoms with Gasteiger partial charge in [-0.3, -0.25) is 4.79 Å². The largest absolute Gasteiger partial charge is 0.352 e. The third-order valence-electron chi connectivity index (χ3n) is 5.08. The first-order valence-corrected chi connectivity index (χ1v) is 9.57. The molecule has 0 bridgehead atoms. The predicted molar refractivity (Wildman–Crippen MR) is 108 cm³/mol. The third-order valence-corrected chi connectivity index (χ3v) is 5.08. The molecule has 2 aromatic rings. The number of nitrogens with zero attached hydrogens (tertiary/aromatic N) is 1. The molecular formula is C22H27N3O2. The number of aryl methyl sites for hydroxylation is 1. The standard InChI is InChI=1S/C22H27N3O2/c1-17-7-9-20(10-8-17)24-22(27)25-15-12-18(13-16-25)11-14-23-21(26)19-5-3-2-4-6-19/h2-10,18H,11-16H2,1H3,(H,23,26)(H,24,27). The van der Waals surface area contributed by atoms with Crippen LogP contribution in [0.25, 0.3) is 0 Å². The molecule has 0 aromatic heterocycles. The summed E-state index contributed by atoms with van der Waals surface area (Å²) in [6.07, 6.45) is 2.90. The molecule has 27 heavy (non-hydrogen) atoms. The van der Waals surface area contributed by atoms with Crippen LogP contribution in [0.1, 0.15) is 35.2 Å². The number of benzene rings is 2. The van der Waals surface area contributed by atoms with E-state index in [1.165, 1.54) is 5.56 Å². The van der Waals surface area contributed by atoms with Gasteiger partial charge in [0.05, 0.1) is 0 Å². The van der Waals surface area contributed by atoms with Crippen molar-refractivity contribution in [1.29, 1.82) is 0 Å². The van der Waals surface area contributed by atoms with Crippen LogP contribution < -0.4 is 10.6 Å². The molecule has 1 saturated heterocycles. The van der Waals surface area contributed by atoms with Crippen molar-refractivity contribution < 1.29 is 9.59 Å². The number of nitrogens with one attached hydrogen (secondary N) is 2. The summed E-state index contributed by atoms with van der Waals surface area (Å²) in [7, 11) is 0. The fourth-order valence-corrected chi connectivity index (χ4v) is 3.35. The maximum absolute atomic E-state index is 12.4. The van der Waals surface area contributed by atoms with Crippen LogP contribution in [0.5, 0.6) is 0 Å². The van der Waals surface area contributed by atoms with Gasteiger partial charge in [0, 0.05) is 30.9 Å². The van der Waals surface area contributed by atoms with Gasteiger partial charge in [0.2, 0.25) is 0 Å². The molecule has 0 radical (unpaired) electrons. The molecule has 1 heterocycles. The van der Waals surface area contributed by atoms with Crippen molar-refractivity contribution in [3.8, 4) is 0 Å². The topological polar surface area (TPSA) is 61.4 Å². The number of urea groups is 1. The highest BCUT2D eigenvalue weighted by atomic mass is 16.2. The number of piperidine rings is 1. The van der Waals surface area contributed by atoms with Crippen LogP contribution in [-0.2, 0) is 0 Å². The number of anilines is 1. The maximum atomic E-state index is 12.4. The smallest absolute Gasteiger partial charge is 0.321 e. The number of rotatable bonds is 5. The van der Waals surface area contributed by atoms with Crippen LogP contribution >= 0.6 is 0 Å². The molecule has 0 unspecified atom stereocenters. The Morgan fingerprint density at radius 1 is 1.00 bits per heavy atom. The van der Waals surface area contributed by atoms with Crippen molar-refractivity contribution in [3.05, 3.63) is 65.7 Å². The van der Waals surface area contributed by atoms with Gasteiger partial charge >= 0.3 is 6.03 Å². The summed E-state index contributed by atoms with van der Waals surface area (Å²) in [6.45, 7) is 4.22. The summed E-state index contributed by atoms with van der Waals surface area (Å²) in [4.78, 5) is 26.3. The molecule has 142 valence electrons. The van der Waals surface area contributed by atoms with Crippen LogP contribution in [0, 0.1) is 12.8 Å². The van der Waals surface area contributed by atoms with Crippen molar-refractivity contribution in [3.63, 3.8) is 0 Å². The van der Waals surface area contributed by atoms with E-state index in [4.69, 9.17) is 0 Å². The van der Waals surface area contributed by atoms with E-state index in [9.17, 15) is 9.59 Å². The SMILES string of the molecule is Cc1ccc(NC(=O)N2CCC(CCNC(=O)c3ccccc3)CC2)cc1. The normalized spacial score (nSPS) is 14.6. The van der Waals surface area contributed by atoms with Crippen LogP contribution in [0.15, 0.2) is 54.6 Å². The first-order valence-electron chi connectivity index (χ1n) is 9.57. The second-order valence-corrected chi connectivity index (χ2v) is 7.14. The van der Waals surface area contributed by atoms with Crippen molar-refractivity contribution in [1.82, 2.24) is 10.2 Å². The van der Waals surface area contributed by atoms with Gasteiger partial charge in [-0.05, 0) is 56.4 Å². The average Bonchev–Trinajstić information content (AvgIpc) is 2.71. The zero-order valence-corrected chi connectivity index (χ0v) is 15.8. The highest BCUT2D eigenvalue weighted by Gasteiger charge is 2.22. The molecule has 5 heteroatoms. The number of carbonyl (C=O) groups is 2. The average molecular weight is 365 g/mol. The summed E-state index contributed by atoms with van der Waals surface area (Å²) in [6, 6.07) is 17.1. The molecule has 1 fully saturated rings. The molecule has 3 amide bonds. The van der Waals surface area contributed by atoms with Crippen LogP contribution in [-0.4, -0.2) is 36.5 Å². The molecular weight excluding hydrogens is 338 g/mol. The number of likely N-dealkylation sites (tertiary alicyclic amines) is 1. The summed E-state index contributed by atoms with van der Waals surface area (Å²) in [5.74, 6) is 0.523. The van der Waals surface area contributed by atoms with E-state index in [1.807, 2.05) is 66.4 Å². The summed E-state index contributed by atoms with van der Waals surface area (Å²) in [5.41, 5.74) is 2.70. The molecule has 0 atom stereocenters. The minimum absolute atomic E-state index is 0.0227. The third kappa shape index (κ3) is 5.58. The van der Waals surface area contributed by atoms with E-state index < -0.39 is 0 Å². The highest BCUT2D eigenvalue weighted by molar-refractivity contribution is 5.94. The summed E-state index contributed by atoms with van der Waals surface area (Å²) >= 11 is 0. The summed E-state index contributed by atoms with van der Waals surface area (Å²) < 4.78 is 0. The first-order chi connectivity index (χ1) is 13.1. The summed E-state index contributed by atoms with van der Waals surface area (Å²) in [5, 5.41) is 5.95. The monoisotopic (exact) mass is 365 g/mol. The lowest BCUT2D eigenvalue weighted by molar-refractivity contribution is 0.0949. The van der Waals surface area contributed by atoms with Gasteiger partial charge < -0.3 is 15.5 Å². The van der Waals surface area contributed by atoms with E-state index in [-0.39, 0.29) is 11.9 Å². The Labute approximate surface area is 160 Å². The molecule has 2 N–H and O–H groups in total. The van der Waals surface area contributed by atoms with E-state index in [2.05, 4.69) is 10.6 Å². The van der Waals surface area contributed by atoms with Gasteiger partial charge in [-0.15, -0.1) is 0 Å². The van der Waals surface area contributed by atoms with E-state index >= 15 is 0 Å². The fraction of sp³-hybridized carbons (Fsp3) is 0.364. The van der Waals surface area contributed by atoms with Crippen molar-refractivity contribution in [2.75, 3.05) is 25.0 Å². The number of carbonyl (C=O) groups excluding carboxylic acids is 2. The number of amides is 3. The van der Waals surface area contributed by atoms with Gasteiger partial charge in [0.15, 0.2) is 0 Å². The van der Waals surface area contributed by atoms with Crippen molar-refractivity contribution >= 4 is 17.6 Å². The van der Waals surface area contributed by atoms with Crippen LogP contribution in [0.2, 0.25) is 0 Å². The minimum atomic E-state index is -0.0327. The molecule has 3 rings (SSSR count). The molecule has 0 aliphatic carbocycles. The van der Waals surface area contributed by atoms with Crippen LogP contribution in [0.4, 0.5) is 10.5 Å². The van der Waals surface area contributed by atoms with E-state index in [0.29, 0.717) is 18.0 Å². The number of hydrogen-bond acceptors (Lipinski definition) is 2. The molecule has 0 spiro atoms. The van der Waals surface area contributed by atoms with Crippen LogP contribution in [0.3, 0.4) is 0 Å². The van der Waals surface area contributed by atoms with Gasteiger partial charge in [-0.1, -0.05) is 35.9 Å².